The van der Waals surface area contributed by atoms with Crippen LogP contribution in [0.2, 0.25) is 0 Å². The summed E-state index contributed by atoms with van der Waals surface area (Å²) in [7, 11) is 0. The summed E-state index contributed by atoms with van der Waals surface area (Å²) in [5.74, 6) is 3.70. The zero-order valence-electron chi connectivity index (χ0n) is 17.4. The molecule has 0 spiro atoms. The number of nitrogens with one attached hydrogen (secondary N) is 3. The van der Waals surface area contributed by atoms with E-state index in [0.717, 1.165) is 16.8 Å². The van der Waals surface area contributed by atoms with Crippen molar-refractivity contribution in [1.82, 2.24) is 15.3 Å². The van der Waals surface area contributed by atoms with Crippen LogP contribution >= 0.6 is 0 Å². The topological polar surface area (TPSA) is 99.2 Å². The SMILES string of the molecule is C#Cc1cnc(Nc2ccc3c(c2)C(C)(C)NC3=O)nc1NCCc1ccccc1O. The first-order valence-electron chi connectivity index (χ1n) is 9.96. The van der Waals surface area contributed by atoms with E-state index in [-0.39, 0.29) is 11.7 Å². The maximum Gasteiger partial charge on any atom is 0.252 e. The van der Waals surface area contributed by atoms with Gasteiger partial charge >= 0.3 is 0 Å². The third kappa shape index (κ3) is 4.14. The normalized spacial score (nSPS) is 13.8. The molecule has 3 aromatic rings. The zero-order chi connectivity index (χ0) is 22.0. The Hall–Kier alpha value is -4.05. The molecule has 2 heterocycles. The lowest BCUT2D eigenvalue weighted by molar-refractivity contribution is 0.0940. The summed E-state index contributed by atoms with van der Waals surface area (Å²) >= 11 is 0. The van der Waals surface area contributed by atoms with Crippen LogP contribution in [0, 0.1) is 12.3 Å². The van der Waals surface area contributed by atoms with Crippen LogP contribution in [-0.2, 0) is 12.0 Å². The van der Waals surface area contributed by atoms with Crippen molar-refractivity contribution in [3.05, 3.63) is 70.9 Å². The third-order valence-corrected chi connectivity index (χ3v) is 5.24. The number of terminal acetylenes is 1. The van der Waals surface area contributed by atoms with Crippen molar-refractivity contribution in [1.29, 1.82) is 0 Å². The molecule has 0 saturated heterocycles. The molecule has 1 amide bonds. The number of carbonyl (C=O) groups is 1. The minimum absolute atomic E-state index is 0.0721. The maximum atomic E-state index is 12.1. The van der Waals surface area contributed by atoms with Gasteiger partial charge in [0, 0.05) is 17.8 Å². The Labute approximate surface area is 181 Å². The van der Waals surface area contributed by atoms with Crippen molar-refractivity contribution in [2.45, 2.75) is 25.8 Å². The summed E-state index contributed by atoms with van der Waals surface area (Å²) in [6, 6.07) is 12.8. The number of hydrogen-bond donors (Lipinski definition) is 4. The van der Waals surface area contributed by atoms with Gasteiger partial charge in [-0.15, -0.1) is 6.42 Å². The monoisotopic (exact) mass is 413 g/mol. The highest BCUT2D eigenvalue weighted by Gasteiger charge is 2.34. The van der Waals surface area contributed by atoms with Gasteiger partial charge in [0.2, 0.25) is 5.95 Å². The molecule has 0 atom stereocenters. The highest BCUT2D eigenvalue weighted by molar-refractivity contribution is 6.00. The van der Waals surface area contributed by atoms with Crippen LogP contribution in [0.5, 0.6) is 5.75 Å². The largest absolute Gasteiger partial charge is 0.508 e. The molecule has 2 aromatic carbocycles. The van der Waals surface area contributed by atoms with Gasteiger partial charge in [0.15, 0.2) is 0 Å². The molecule has 0 fully saturated rings. The third-order valence-electron chi connectivity index (χ3n) is 5.24. The predicted octanol–water partition coefficient (Wildman–Crippen LogP) is 3.54. The van der Waals surface area contributed by atoms with E-state index in [2.05, 4.69) is 31.8 Å². The first-order chi connectivity index (χ1) is 14.9. The molecule has 156 valence electrons. The molecule has 0 aliphatic carbocycles. The summed E-state index contributed by atoms with van der Waals surface area (Å²) in [5.41, 5.74) is 3.32. The second kappa shape index (κ2) is 8.00. The van der Waals surface area contributed by atoms with E-state index in [4.69, 9.17) is 6.42 Å². The van der Waals surface area contributed by atoms with Crippen LogP contribution in [0.4, 0.5) is 17.5 Å². The van der Waals surface area contributed by atoms with E-state index in [0.29, 0.717) is 35.9 Å². The van der Waals surface area contributed by atoms with Gasteiger partial charge in [0.1, 0.15) is 11.6 Å². The lowest BCUT2D eigenvalue weighted by Crippen LogP contribution is -2.32. The number of fused-ring (bicyclic) bond motifs is 1. The van der Waals surface area contributed by atoms with Crippen LogP contribution in [0.1, 0.15) is 40.9 Å². The number of benzene rings is 2. The molecule has 0 radical (unpaired) electrons. The van der Waals surface area contributed by atoms with Gasteiger partial charge in [-0.1, -0.05) is 24.1 Å². The highest BCUT2D eigenvalue weighted by atomic mass is 16.3. The first-order valence-corrected chi connectivity index (χ1v) is 9.96. The number of hydrogen-bond acceptors (Lipinski definition) is 6. The minimum atomic E-state index is -0.437. The number of aromatic nitrogens is 2. The number of nitrogens with zero attached hydrogens (tertiary/aromatic N) is 2. The molecule has 1 aliphatic rings. The molecule has 1 aromatic heterocycles. The molecular formula is C24H23N5O2. The van der Waals surface area contributed by atoms with Crippen molar-refractivity contribution in [3.8, 4) is 18.1 Å². The van der Waals surface area contributed by atoms with E-state index in [1.165, 1.54) is 0 Å². The van der Waals surface area contributed by atoms with E-state index in [1.54, 1.807) is 24.4 Å². The quantitative estimate of drug-likeness (QED) is 0.462. The summed E-state index contributed by atoms with van der Waals surface area (Å²) in [4.78, 5) is 20.9. The number of phenols is 1. The number of carbonyl (C=O) groups excluding carboxylic acids is 1. The summed E-state index contributed by atoms with van der Waals surface area (Å²) < 4.78 is 0. The minimum Gasteiger partial charge on any atom is -0.508 e. The summed E-state index contributed by atoms with van der Waals surface area (Å²) in [6.07, 6.45) is 7.79. The van der Waals surface area contributed by atoms with Gasteiger partial charge in [0.05, 0.1) is 17.3 Å². The molecule has 0 saturated carbocycles. The van der Waals surface area contributed by atoms with Crippen LogP contribution in [-0.4, -0.2) is 27.5 Å². The second-order valence-electron chi connectivity index (χ2n) is 7.87. The van der Waals surface area contributed by atoms with Crippen LogP contribution in [0.15, 0.2) is 48.7 Å². The van der Waals surface area contributed by atoms with Crippen molar-refractivity contribution < 1.29 is 9.90 Å². The number of aromatic hydroxyl groups is 1. The first kappa shape index (κ1) is 20.2. The molecule has 7 heteroatoms. The molecule has 0 bridgehead atoms. The molecular weight excluding hydrogens is 390 g/mol. The highest BCUT2D eigenvalue weighted by Crippen LogP contribution is 2.33. The van der Waals surface area contributed by atoms with Gasteiger partial charge in [-0.05, 0) is 55.7 Å². The Bertz CT molecular complexity index is 1200. The van der Waals surface area contributed by atoms with Crippen molar-refractivity contribution in [2.24, 2.45) is 0 Å². The van der Waals surface area contributed by atoms with Crippen LogP contribution in [0.3, 0.4) is 0 Å². The molecule has 31 heavy (non-hydrogen) atoms. The van der Waals surface area contributed by atoms with Gasteiger partial charge < -0.3 is 21.1 Å². The average Bonchev–Trinajstić information content (AvgIpc) is 2.97. The van der Waals surface area contributed by atoms with Crippen molar-refractivity contribution in [3.63, 3.8) is 0 Å². The second-order valence-corrected chi connectivity index (χ2v) is 7.87. The number of phenolic OH excluding ortho intramolecular Hbond substituents is 1. The summed E-state index contributed by atoms with van der Waals surface area (Å²) in [6.45, 7) is 4.47. The Morgan fingerprint density at radius 1 is 1.23 bits per heavy atom. The average molecular weight is 413 g/mol. The Morgan fingerprint density at radius 3 is 2.81 bits per heavy atom. The van der Waals surface area contributed by atoms with Crippen molar-refractivity contribution >= 4 is 23.4 Å². The van der Waals surface area contributed by atoms with Gasteiger partial charge in [-0.2, -0.15) is 4.98 Å². The number of anilines is 3. The molecule has 4 N–H and O–H groups in total. The number of amides is 1. The Balaban J connectivity index is 1.51. The van der Waals surface area contributed by atoms with Crippen molar-refractivity contribution in [2.75, 3.05) is 17.2 Å². The maximum absolute atomic E-state index is 12.1. The fourth-order valence-corrected chi connectivity index (χ4v) is 3.60. The van der Waals surface area contributed by atoms with Gasteiger partial charge in [0.25, 0.3) is 5.91 Å². The lowest BCUT2D eigenvalue weighted by atomic mass is 9.94. The standard InChI is InChI=1S/C24H23N5O2/c1-4-15-14-26-23(28-21(15)25-12-11-16-7-5-6-8-20(16)30)27-17-9-10-18-19(13-17)24(2,3)29-22(18)31/h1,5-10,13-14,30H,11-12H2,2-3H3,(H,29,31)(H2,25,26,27,28). The van der Waals surface area contributed by atoms with E-state index >= 15 is 0 Å². The molecule has 4 rings (SSSR count). The Morgan fingerprint density at radius 2 is 2.03 bits per heavy atom. The molecule has 0 unspecified atom stereocenters. The Kier molecular flexibility index (Phi) is 5.22. The van der Waals surface area contributed by atoms with E-state index in [1.807, 2.05) is 38.1 Å². The lowest BCUT2D eigenvalue weighted by Gasteiger charge is -2.19. The van der Waals surface area contributed by atoms with Gasteiger partial charge in [-0.3, -0.25) is 4.79 Å². The number of para-hydroxylation sites is 1. The zero-order valence-corrected chi connectivity index (χ0v) is 17.4. The van der Waals surface area contributed by atoms with Crippen LogP contribution in [0.25, 0.3) is 0 Å². The molecule has 7 nitrogen and oxygen atoms in total. The van der Waals surface area contributed by atoms with Crippen LogP contribution < -0.4 is 16.0 Å². The van der Waals surface area contributed by atoms with E-state index < -0.39 is 5.54 Å². The summed E-state index contributed by atoms with van der Waals surface area (Å²) in [5, 5.41) is 19.3. The van der Waals surface area contributed by atoms with E-state index in [9.17, 15) is 9.90 Å². The predicted molar refractivity (Wildman–Crippen MR) is 120 cm³/mol. The van der Waals surface area contributed by atoms with Gasteiger partial charge in [-0.25, -0.2) is 4.98 Å². The molecule has 1 aliphatic heterocycles. The fraction of sp³-hybridized carbons (Fsp3) is 0.208. The number of rotatable bonds is 6. The fourth-order valence-electron chi connectivity index (χ4n) is 3.60. The smallest absolute Gasteiger partial charge is 0.252 e.